The van der Waals surface area contributed by atoms with Crippen LogP contribution >= 0.6 is 0 Å². The molecular weight excluding hydrogens is 290 g/mol. The van der Waals surface area contributed by atoms with Crippen molar-refractivity contribution in [2.24, 2.45) is 0 Å². The molecule has 0 aliphatic rings. The van der Waals surface area contributed by atoms with Gasteiger partial charge in [-0.05, 0) is 48.0 Å². The van der Waals surface area contributed by atoms with Crippen molar-refractivity contribution >= 4 is 17.5 Å². The smallest absolute Gasteiger partial charge is 0.185 e. The summed E-state index contributed by atoms with van der Waals surface area (Å²) in [6, 6.07) is 14.9. The van der Waals surface area contributed by atoms with E-state index in [2.05, 4.69) is 0 Å². The maximum absolute atomic E-state index is 12.2. The molecule has 1 N–H and O–H groups in total. The van der Waals surface area contributed by atoms with Gasteiger partial charge >= 0.3 is 0 Å². The van der Waals surface area contributed by atoms with Crippen LogP contribution in [0.25, 0.3) is 6.08 Å². The molecule has 0 bridgehead atoms. The molecule has 2 rings (SSSR count). The largest absolute Gasteiger partial charge is 0.491 e. The average molecular weight is 311 g/mol. The third-order valence-corrected chi connectivity index (χ3v) is 3.34. The zero-order valence-electron chi connectivity index (χ0n) is 13.4. The third kappa shape index (κ3) is 4.97. The van der Waals surface area contributed by atoms with Crippen molar-refractivity contribution in [3.8, 4) is 5.75 Å². The van der Waals surface area contributed by atoms with Crippen LogP contribution in [0.1, 0.15) is 15.9 Å². The Kier molecular flexibility index (Phi) is 5.94. The van der Waals surface area contributed by atoms with Crippen LogP contribution < -0.4 is 9.64 Å². The standard InChI is InChI=1S/C19H21NO3/c1-20(2)17-8-6-16(7-9-17)19(22)12-5-15-3-10-18(11-4-15)23-14-13-21/h3-12,21H,13-14H2,1-2H3/b12-5+. The highest BCUT2D eigenvalue weighted by molar-refractivity contribution is 6.06. The van der Waals surface area contributed by atoms with Crippen LogP contribution in [0, 0.1) is 0 Å². The molecule has 0 radical (unpaired) electrons. The molecule has 23 heavy (non-hydrogen) atoms. The number of ether oxygens (including phenoxy) is 1. The third-order valence-electron chi connectivity index (χ3n) is 3.34. The van der Waals surface area contributed by atoms with Gasteiger partial charge in [-0.2, -0.15) is 0 Å². The molecule has 0 atom stereocenters. The minimum atomic E-state index is -0.0316. The highest BCUT2D eigenvalue weighted by Crippen LogP contribution is 2.15. The number of aliphatic hydroxyl groups excluding tert-OH is 1. The maximum atomic E-state index is 12.2. The predicted molar refractivity (Wildman–Crippen MR) is 93.2 cm³/mol. The van der Waals surface area contributed by atoms with Crippen molar-refractivity contribution in [1.29, 1.82) is 0 Å². The van der Waals surface area contributed by atoms with Gasteiger partial charge in [0.2, 0.25) is 0 Å². The van der Waals surface area contributed by atoms with Crippen LogP contribution in [0.4, 0.5) is 5.69 Å². The zero-order valence-corrected chi connectivity index (χ0v) is 13.4. The Hall–Kier alpha value is -2.59. The number of aliphatic hydroxyl groups is 1. The normalized spacial score (nSPS) is 10.7. The van der Waals surface area contributed by atoms with Crippen LogP contribution in [0.2, 0.25) is 0 Å². The van der Waals surface area contributed by atoms with Gasteiger partial charge in [-0.25, -0.2) is 0 Å². The minimum absolute atomic E-state index is 0.0111. The van der Waals surface area contributed by atoms with Crippen molar-refractivity contribution in [3.63, 3.8) is 0 Å². The van der Waals surface area contributed by atoms with Gasteiger partial charge in [-0.3, -0.25) is 4.79 Å². The minimum Gasteiger partial charge on any atom is -0.491 e. The lowest BCUT2D eigenvalue weighted by Crippen LogP contribution is -2.08. The van der Waals surface area contributed by atoms with Crippen molar-refractivity contribution in [2.75, 3.05) is 32.2 Å². The summed E-state index contributed by atoms with van der Waals surface area (Å²) < 4.78 is 5.29. The van der Waals surface area contributed by atoms with Crippen LogP contribution in [0.15, 0.2) is 54.6 Å². The van der Waals surface area contributed by atoms with Gasteiger partial charge in [-0.15, -0.1) is 0 Å². The Labute approximate surface area is 136 Å². The first-order valence-electron chi connectivity index (χ1n) is 7.43. The van der Waals surface area contributed by atoms with E-state index >= 15 is 0 Å². The molecule has 0 fully saturated rings. The summed E-state index contributed by atoms with van der Waals surface area (Å²) in [5, 5.41) is 8.71. The van der Waals surface area contributed by atoms with E-state index in [0.717, 1.165) is 11.3 Å². The number of anilines is 1. The zero-order chi connectivity index (χ0) is 16.7. The van der Waals surface area contributed by atoms with E-state index in [0.29, 0.717) is 11.3 Å². The topological polar surface area (TPSA) is 49.8 Å². The average Bonchev–Trinajstić information content (AvgIpc) is 2.58. The molecule has 0 spiro atoms. The summed E-state index contributed by atoms with van der Waals surface area (Å²) in [6.45, 7) is 0.263. The number of benzene rings is 2. The molecule has 4 nitrogen and oxygen atoms in total. The second-order valence-corrected chi connectivity index (χ2v) is 5.28. The van der Waals surface area contributed by atoms with Gasteiger partial charge in [-0.1, -0.05) is 18.2 Å². The summed E-state index contributed by atoms with van der Waals surface area (Å²) in [5.41, 5.74) is 2.64. The Morgan fingerprint density at radius 2 is 1.74 bits per heavy atom. The van der Waals surface area contributed by atoms with E-state index in [-0.39, 0.29) is 19.0 Å². The highest BCUT2D eigenvalue weighted by Gasteiger charge is 2.02. The van der Waals surface area contributed by atoms with Crippen LogP contribution in [-0.4, -0.2) is 38.2 Å². The number of carbonyl (C=O) groups is 1. The lowest BCUT2D eigenvalue weighted by Gasteiger charge is -2.11. The number of carbonyl (C=O) groups excluding carboxylic acids is 1. The quantitative estimate of drug-likeness (QED) is 0.631. The van der Waals surface area contributed by atoms with Crippen molar-refractivity contribution in [3.05, 3.63) is 65.7 Å². The number of rotatable bonds is 7. The SMILES string of the molecule is CN(C)c1ccc(C(=O)/C=C/c2ccc(OCCO)cc2)cc1. The molecule has 2 aromatic rings. The first-order valence-corrected chi connectivity index (χ1v) is 7.43. The molecule has 120 valence electrons. The van der Waals surface area contributed by atoms with E-state index in [1.54, 1.807) is 12.2 Å². The number of ketones is 1. The summed E-state index contributed by atoms with van der Waals surface area (Å²) in [7, 11) is 3.93. The summed E-state index contributed by atoms with van der Waals surface area (Å²) in [4.78, 5) is 14.1. The van der Waals surface area contributed by atoms with E-state index in [9.17, 15) is 4.79 Å². The first kappa shape index (κ1) is 16.8. The van der Waals surface area contributed by atoms with Gasteiger partial charge < -0.3 is 14.7 Å². The Bertz CT molecular complexity index is 658. The van der Waals surface area contributed by atoms with Crippen molar-refractivity contribution in [1.82, 2.24) is 0 Å². The molecular formula is C19H21NO3. The number of nitrogens with zero attached hydrogens (tertiary/aromatic N) is 1. The fourth-order valence-electron chi connectivity index (χ4n) is 2.03. The van der Waals surface area contributed by atoms with Gasteiger partial charge in [0.05, 0.1) is 6.61 Å². The Morgan fingerprint density at radius 3 is 2.30 bits per heavy atom. The van der Waals surface area contributed by atoms with Crippen molar-refractivity contribution in [2.45, 2.75) is 0 Å². The van der Waals surface area contributed by atoms with E-state index in [1.165, 1.54) is 0 Å². The van der Waals surface area contributed by atoms with Gasteiger partial charge in [0.1, 0.15) is 12.4 Å². The van der Waals surface area contributed by atoms with E-state index < -0.39 is 0 Å². The summed E-state index contributed by atoms with van der Waals surface area (Å²) in [5.74, 6) is 0.665. The van der Waals surface area contributed by atoms with Crippen molar-refractivity contribution < 1.29 is 14.6 Å². The number of hydrogen-bond acceptors (Lipinski definition) is 4. The molecule has 0 saturated heterocycles. The fourth-order valence-corrected chi connectivity index (χ4v) is 2.03. The molecule has 2 aromatic carbocycles. The molecule has 0 aromatic heterocycles. The molecule has 0 amide bonds. The highest BCUT2D eigenvalue weighted by atomic mass is 16.5. The lowest BCUT2D eigenvalue weighted by molar-refractivity contribution is 0.104. The van der Waals surface area contributed by atoms with Crippen LogP contribution in [0.3, 0.4) is 0 Å². The molecule has 4 heteroatoms. The Balaban J connectivity index is 2.00. The van der Waals surface area contributed by atoms with Gasteiger partial charge in [0, 0.05) is 25.3 Å². The molecule has 0 aliphatic heterocycles. The summed E-state index contributed by atoms with van der Waals surface area (Å²) >= 11 is 0. The van der Waals surface area contributed by atoms with Crippen LogP contribution in [-0.2, 0) is 0 Å². The molecule has 0 aliphatic carbocycles. The summed E-state index contributed by atoms with van der Waals surface area (Å²) in [6.07, 6.45) is 3.34. The van der Waals surface area contributed by atoms with Gasteiger partial charge in [0.25, 0.3) is 0 Å². The monoisotopic (exact) mass is 311 g/mol. The Morgan fingerprint density at radius 1 is 1.09 bits per heavy atom. The number of hydrogen-bond donors (Lipinski definition) is 1. The van der Waals surface area contributed by atoms with Crippen LogP contribution in [0.5, 0.6) is 5.75 Å². The van der Waals surface area contributed by atoms with E-state index in [4.69, 9.17) is 9.84 Å². The van der Waals surface area contributed by atoms with E-state index in [1.807, 2.05) is 67.5 Å². The predicted octanol–water partition coefficient (Wildman–Crippen LogP) is 3.02. The molecule has 0 heterocycles. The second-order valence-electron chi connectivity index (χ2n) is 5.28. The lowest BCUT2D eigenvalue weighted by atomic mass is 10.1. The second kappa shape index (κ2) is 8.15. The molecule has 0 unspecified atom stereocenters. The first-order chi connectivity index (χ1) is 11.1. The molecule has 0 saturated carbocycles. The maximum Gasteiger partial charge on any atom is 0.185 e. The number of allylic oxidation sites excluding steroid dienone is 1. The van der Waals surface area contributed by atoms with Gasteiger partial charge in [0.15, 0.2) is 5.78 Å². The fraction of sp³-hybridized carbons (Fsp3) is 0.211.